The topological polar surface area (TPSA) is 110 Å². The van der Waals surface area contributed by atoms with E-state index in [0.29, 0.717) is 0 Å². The first-order chi connectivity index (χ1) is 12.6. The Bertz CT molecular complexity index is 942. The number of nitro groups is 1. The molecule has 0 saturated heterocycles. The third-order valence-electron chi connectivity index (χ3n) is 3.97. The van der Waals surface area contributed by atoms with Crippen LogP contribution in [0.25, 0.3) is 0 Å². The molecule has 0 heterocycles. The Morgan fingerprint density at radius 3 is 2.41 bits per heavy atom. The molecule has 1 atom stereocenters. The van der Waals surface area contributed by atoms with Crippen molar-refractivity contribution >= 4 is 27.3 Å². The van der Waals surface area contributed by atoms with Crippen LogP contribution >= 0.6 is 0 Å². The Morgan fingerprint density at radius 1 is 1.22 bits per heavy atom. The van der Waals surface area contributed by atoms with Crippen molar-refractivity contribution < 1.29 is 18.1 Å². The van der Waals surface area contributed by atoms with Crippen LogP contribution in [0, 0.1) is 17.0 Å². The first kappa shape index (κ1) is 20.4. The van der Waals surface area contributed by atoms with Gasteiger partial charge >= 0.3 is 0 Å². The van der Waals surface area contributed by atoms with E-state index in [-0.39, 0.29) is 17.9 Å². The molecule has 0 spiro atoms. The van der Waals surface area contributed by atoms with E-state index >= 15 is 0 Å². The van der Waals surface area contributed by atoms with Gasteiger partial charge in [0.1, 0.15) is 6.04 Å². The second-order valence-corrected chi connectivity index (χ2v) is 8.07. The van der Waals surface area contributed by atoms with Crippen LogP contribution in [0.1, 0.15) is 18.1 Å². The monoisotopic (exact) mass is 391 g/mol. The predicted molar refractivity (Wildman–Crippen MR) is 103 cm³/mol. The molecular weight excluding hydrogens is 370 g/mol. The van der Waals surface area contributed by atoms with E-state index in [2.05, 4.69) is 5.32 Å². The second-order valence-electron chi connectivity index (χ2n) is 6.22. The highest BCUT2D eigenvalue weighted by Gasteiger charge is 2.29. The number of nitrogens with zero attached hydrogens (tertiary/aromatic N) is 2. The zero-order valence-electron chi connectivity index (χ0n) is 15.2. The van der Waals surface area contributed by atoms with Gasteiger partial charge in [0, 0.05) is 18.7 Å². The lowest BCUT2D eigenvalue weighted by Crippen LogP contribution is -2.47. The smallest absolute Gasteiger partial charge is 0.271 e. The van der Waals surface area contributed by atoms with Crippen molar-refractivity contribution in [3.8, 4) is 0 Å². The molecule has 0 aliphatic rings. The quantitative estimate of drug-likeness (QED) is 0.576. The van der Waals surface area contributed by atoms with Crippen LogP contribution in [-0.4, -0.2) is 31.5 Å². The molecule has 1 amide bonds. The third kappa shape index (κ3) is 5.27. The summed E-state index contributed by atoms with van der Waals surface area (Å²) < 4.78 is 25.4. The average molecular weight is 391 g/mol. The summed E-state index contributed by atoms with van der Waals surface area (Å²) in [6, 6.07) is 11.7. The molecule has 0 fully saturated rings. The number of carbonyl (C=O) groups excluding carboxylic acids is 1. The predicted octanol–water partition coefficient (Wildman–Crippen LogP) is 2.37. The van der Waals surface area contributed by atoms with Gasteiger partial charge in [0.05, 0.1) is 16.9 Å². The van der Waals surface area contributed by atoms with Crippen molar-refractivity contribution in [2.24, 2.45) is 0 Å². The maximum atomic E-state index is 12.5. The number of hydrogen-bond donors (Lipinski definition) is 1. The molecule has 144 valence electrons. The van der Waals surface area contributed by atoms with Crippen molar-refractivity contribution in [2.75, 3.05) is 10.6 Å². The maximum Gasteiger partial charge on any atom is 0.271 e. The lowest BCUT2D eigenvalue weighted by atomic mass is 10.1. The first-order valence-corrected chi connectivity index (χ1v) is 10.0. The SMILES string of the molecule is Cc1ccc(CNC(=O)[C@H](C)N(c2cccc([N+](=O)[O-])c2)S(C)(=O)=O)cc1. The van der Waals surface area contributed by atoms with Gasteiger partial charge < -0.3 is 5.32 Å². The molecule has 0 bridgehead atoms. The third-order valence-corrected chi connectivity index (χ3v) is 5.21. The van der Waals surface area contributed by atoms with Crippen LogP contribution in [0.2, 0.25) is 0 Å². The normalized spacial score (nSPS) is 12.3. The fourth-order valence-corrected chi connectivity index (χ4v) is 3.76. The molecule has 0 radical (unpaired) electrons. The highest BCUT2D eigenvalue weighted by molar-refractivity contribution is 7.92. The minimum Gasteiger partial charge on any atom is -0.350 e. The molecule has 0 aliphatic heterocycles. The van der Waals surface area contributed by atoms with Gasteiger partial charge in [0.25, 0.3) is 5.69 Å². The molecule has 8 nitrogen and oxygen atoms in total. The van der Waals surface area contributed by atoms with E-state index in [1.807, 2.05) is 31.2 Å². The van der Waals surface area contributed by atoms with Gasteiger partial charge in [-0.3, -0.25) is 19.2 Å². The van der Waals surface area contributed by atoms with Crippen LogP contribution in [0.3, 0.4) is 0 Å². The van der Waals surface area contributed by atoms with E-state index in [1.165, 1.54) is 25.1 Å². The van der Waals surface area contributed by atoms with Crippen LogP contribution in [-0.2, 0) is 21.4 Å². The molecule has 2 aromatic carbocycles. The molecule has 27 heavy (non-hydrogen) atoms. The van der Waals surface area contributed by atoms with Crippen LogP contribution in [0.15, 0.2) is 48.5 Å². The van der Waals surface area contributed by atoms with Gasteiger partial charge in [-0.25, -0.2) is 8.42 Å². The maximum absolute atomic E-state index is 12.5. The number of benzene rings is 2. The fraction of sp³-hybridized carbons (Fsp3) is 0.278. The van der Waals surface area contributed by atoms with E-state index in [1.54, 1.807) is 0 Å². The summed E-state index contributed by atoms with van der Waals surface area (Å²) >= 11 is 0. The number of rotatable bonds is 7. The average Bonchev–Trinajstić information content (AvgIpc) is 2.60. The molecule has 0 saturated carbocycles. The Labute approximate surface area is 158 Å². The second kappa shape index (κ2) is 8.17. The highest BCUT2D eigenvalue weighted by Crippen LogP contribution is 2.25. The minimum atomic E-state index is -3.84. The van der Waals surface area contributed by atoms with Crippen LogP contribution in [0.4, 0.5) is 11.4 Å². The van der Waals surface area contributed by atoms with E-state index < -0.39 is 26.9 Å². The Hall–Kier alpha value is -2.94. The summed E-state index contributed by atoms with van der Waals surface area (Å²) in [5, 5.41) is 13.7. The fourth-order valence-electron chi connectivity index (χ4n) is 2.60. The standard InChI is InChI=1S/C18H21N3O5S/c1-13-7-9-15(10-8-13)12-19-18(22)14(2)20(27(3,25)26)16-5-4-6-17(11-16)21(23)24/h4-11,14H,12H2,1-3H3,(H,19,22)/t14-/m0/s1. The number of sulfonamides is 1. The number of amides is 1. The summed E-state index contributed by atoms with van der Waals surface area (Å²) in [6.45, 7) is 3.63. The van der Waals surface area contributed by atoms with Gasteiger partial charge in [-0.1, -0.05) is 35.9 Å². The summed E-state index contributed by atoms with van der Waals surface area (Å²) in [6.07, 6.45) is 0.954. The molecule has 9 heteroatoms. The summed E-state index contributed by atoms with van der Waals surface area (Å²) in [5.41, 5.74) is 1.77. The van der Waals surface area contributed by atoms with Crippen molar-refractivity contribution in [1.29, 1.82) is 0 Å². The lowest BCUT2D eigenvalue weighted by Gasteiger charge is -2.28. The van der Waals surface area contributed by atoms with Crippen molar-refractivity contribution in [3.63, 3.8) is 0 Å². The molecule has 0 aromatic heterocycles. The van der Waals surface area contributed by atoms with Crippen molar-refractivity contribution in [2.45, 2.75) is 26.4 Å². The lowest BCUT2D eigenvalue weighted by molar-refractivity contribution is -0.384. The van der Waals surface area contributed by atoms with Crippen molar-refractivity contribution in [3.05, 3.63) is 69.8 Å². The summed E-state index contributed by atoms with van der Waals surface area (Å²) in [5.74, 6) is -0.507. The summed E-state index contributed by atoms with van der Waals surface area (Å²) in [7, 11) is -3.84. The van der Waals surface area contributed by atoms with E-state index in [0.717, 1.165) is 27.8 Å². The van der Waals surface area contributed by atoms with E-state index in [9.17, 15) is 23.3 Å². The van der Waals surface area contributed by atoms with Crippen LogP contribution in [0.5, 0.6) is 0 Å². The number of carbonyl (C=O) groups is 1. The number of hydrogen-bond acceptors (Lipinski definition) is 5. The zero-order chi connectivity index (χ0) is 20.2. The molecule has 0 unspecified atom stereocenters. The highest BCUT2D eigenvalue weighted by atomic mass is 32.2. The Kier molecular flexibility index (Phi) is 6.17. The van der Waals surface area contributed by atoms with Gasteiger partial charge in [-0.15, -0.1) is 0 Å². The summed E-state index contributed by atoms with van der Waals surface area (Å²) in [4.78, 5) is 22.9. The van der Waals surface area contributed by atoms with E-state index in [4.69, 9.17) is 0 Å². The largest absolute Gasteiger partial charge is 0.350 e. The number of non-ortho nitro benzene ring substituents is 1. The van der Waals surface area contributed by atoms with Gasteiger partial charge in [-0.2, -0.15) is 0 Å². The van der Waals surface area contributed by atoms with Crippen LogP contribution < -0.4 is 9.62 Å². The first-order valence-electron chi connectivity index (χ1n) is 8.16. The van der Waals surface area contributed by atoms with Gasteiger partial charge in [-0.05, 0) is 25.5 Å². The van der Waals surface area contributed by atoms with Gasteiger partial charge in [0.2, 0.25) is 15.9 Å². The molecule has 1 N–H and O–H groups in total. The molecule has 2 aromatic rings. The molecule has 2 rings (SSSR count). The molecule has 0 aliphatic carbocycles. The van der Waals surface area contributed by atoms with Crippen molar-refractivity contribution in [1.82, 2.24) is 5.32 Å². The van der Waals surface area contributed by atoms with Gasteiger partial charge in [0.15, 0.2) is 0 Å². The Balaban J connectivity index is 2.23. The zero-order valence-corrected chi connectivity index (χ0v) is 16.1. The number of nitro benzene ring substituents is 1. The number of aryl methyl sites for hydroxylation is 1. The minimum absolute atomic E-state index is 0.0599. The Morgan fingerprint density at radius 2 is 1.85 bits per heavy atom. The number of nitrogens with one attached hydrogen (secondary N) is 1. The number of anilines is 1. The molecular formula is C18H21N3O5S.